The van der Waals surface area contributed by atoms with Crippen molar-refractivity contribution in [1.29, 1.82) is 0 Å². The normalized spacial score (nSPS) is 22.1. The van der Waals surface area contributed by atoms with E-state index >= 15 is 0 Å². The lowest BCUT2D eigenvalue weighted by molar-refractivity contribution is -0.145. The fourth-order valence-corrected chi connectivity index (χ4v) is 3.75. The maximum Gasteiger partial charge on any atom is 0.311 e. The molecule has 2 fully saturated rings. The summed E-state index contributed by atoms with van der Waals surface area (Å²) in [4.78, 5) is 27.8. The minimum Gasteiger partial charge on any atom is -0.469 e. The molecule has 2 saturated heterocycles. The lowest BCUT2D eigenvalue weighted by atomic mass is 9.99. The van der Waals surface area contributed by atoms with Crippen LogP contribution in [0.4, 0.5) is 11.4 Å². The molecule has 5 nitrogen and oxygen atoms in total. The van der Waals surface area contributed by atoms with Gasteiger partial charge in [0.25, 0.3) is 0 Å². The molecule has 1 aromatic rings. The first-order valence-electron chi connectivity index (χ1n) is 8.42. The molecule has 2 aliphatic heterocycles. The highest BCUT2D eigenvalue weighted by atomic mass is 35.5. The van der Waals surface area contributed by atoms with E-state index in [0.29, 0.717) is 11.6 Å². The average Bonchev–Trinajstić information content (AvgIpc) is 2.97. The van der Waals surface area contributed by atoms with Crippen molar-refractivity contribution in [1.82, 2.24) is 0 Å². The van der Waals surface area contributed by atoms with Gasteiger partial charge < -0.3 is 14.5 Å². The molecule has 24 heavy (non-hydrogen) atoms. The van der Waals surface area contributed by atoms with Crippen LogP contribution in [0.1, 0.15) is 26.2 Å². The van der Waals surface area contributed by atoms with Gasteiger partial charge in [-0.05, 0) is 37.0 Å². The largest absolute Gasteiger partial charge is 0.469 e. The van der Waals surface area contributed by atoms with Gasteiger partial charge in [-0.15, -0.1) is 0 Å². The minimum absolute atomic E-state index is 0.0685. The minimum atomic E-state index is -0.399. The number of halogens is 1. The zero-order valence-corrected chi connectivity index (χ0v) is 14.9. The second-order valence-electron chi connectivity index (χ2n) is 6.73. The Labute approximate surface area is 147 Å². The van der Waals surface area contributed by atoms with Gasteiger partial charge in [0.15, 0.2) is 0 Å². The van der Waals surface area contributed by atoms with Crippen LogP contribution in [0.15, 0.2) is 18.2 Å². The summed E-state index contributed by atoms with van der Waals surface area (Å²) in [5.41, 5.74) is 1.76. The summed E-state index contributed by atoms with van der Waals surface area (Å²) in [7, 11) is 1.35. The number of methoxy groups -OCH3 is 1. The molecular formula is C18H23ClN2O3. The quantitative estimate of drug-likeness (QED) is 0.786. The van der Waals surface area contributed by atoms with Crippen LogP contribution in [0.2, 0.25) is 5.02 Å². The van der Waals surface area contributed by atoms with Crippen molar-refractivity contribution in [3.63, 3.8) is 0 Å². The van der Waals surface area contributed by atoms with Crippen LogP contribution in [0.3, 0.4) is 0 Å². The van der Waals surface area contributed by atoms with Crippen molar-refractivity contribution < 1.29 is 14.3 Å². The first-order chi connectivity index (χ1) is 11.5. The standard InChI is InChI=1S/C18H23ClN2O3/c1-12-5-7-20(8-6-12)16-4-3-14(10-15(16)19)21-11-13(9-17(21)22)18(23)24-2/h3-4,10,12-13H,5-9,11H2,1-2H3/t13-/m1/s1. The number of hydrogen-bond acceptors (Lipinski definition) is 4. The van der Waals surface area contributed by atoms with Gasteiger partial charge >= 0.3 is 5.97 Å². The number of carbonyl (C=O) groups is 2. The van der Waals surface area contributed by atoms with Crippen molar-refractivity contribution in [2.24, 2.45) is 11.8 Å². The zero-order chi connectivity index (χ0) is 17.3. The van der Waals surface area contributed by atoms with Crippen molar-refractivity contribution in [2.45, 2.75) is 26.2 Å². The molecule has 1 aromatic carbocycles. The lowest BCUT2D eigenvalue weighted by Crippen LogP contribution is -2.33. The molecule has 0 aliphatic carbocycles. The second kappa shape index (κ2) is 7.01. The van der Waals surface area contributed by atoms with Gasteiger partial charge in [-0.1, -0.05) is 18.5 Å². The van der Waals surface area contributed by atoms with Crippen LogP contribution in [0.25, 0.3) is 0 Å². The highest BCUT2D eigenvalue weighted by molar-refractivity contribution is 6.33. The summed E-state index contributed by atoms with van der Waals surface area (Å²) >= 11 is 6.48. The number of piperidine rings is 1. The van der Waals surface area contributed by atoms with Gasteiger partial charge in [-0.2, -0.15) is 0 Å². The van der Waals surface area contributed by atoms with E-state index in [9.17, 15) is 9.59 Å². The van der Waals surface area contributed by atoms with E-state index in [1.165, 1.54) is 20.0 Å². The molecule has 2 aliphatic rings. The summed E-state index contributed by atoms with van der Waals surface area (Å²) in [6, 6.07) is 5.72. The van der Waals surface area contributed by atoms with Crippen molar-refractivity contribution in [3.8, 4) is 0 Å². The van der Waals surface area contributed by atoms with Crippen LogP contribution in [-0.4, -0.2) is 38.6 Å². The Morgan fingerprint density at radius 2 is 2.00 bits per heavy atom. The maximum absolute atomic E-state index is 12.2. The van der Waals surface area contributed by atoms with Gasteiger partial charge in [0.1, 0.15) is 0 Å². The molecule has 0 aromatic heterocycles. The van der Waals surface area contributed by atoms with Crippen LogP contribution in [-0.2, 0) is 14.3 Å². The smallest absolute Gasteiger partial charge is 0.311 e. The third-order valence-corrected chi connectivity index (χ3v) is 5.33. The Balaban J connectivity index is 1.75. The number of hydrogen-bond donors (Lipinski definition) is 0. The lowest BCUT2D eigenvalue weighted by Gasteiger charge is -2.33. The van der Waals surface area contributed by atoms with Gasteiger partial charge in [0, 0.05) is 31.7 Å². The SMILES string of the molecule is COC(=O)[C@@H]1CC(=O)N(c2ccc(N3CCC(C)CC3)c(Cl)c2)C1. The molecule has 3 rings (SSSR count). The number of amides is 1. The zero-order valence-electron chi connectivity index (χ0n) is 14.1. The van der Waals surface area contributed by atoms with E-state index in [4.69, 9.17) is 16.3 Å². The molecule has 0 saturated carbocycles. The van der Waals surface area contributed by atoms with E-state index in [0.717, 1.165) is 30.4 Å². The van der Waals surface area contributed by atoms with Gasteiger partial charge in [0.05, 0.1) is 23.7 Å². The molecular weight excluding hydrogens is 328 g/mol. The monoisotopic (exact) mass is 350 g/mol. The number of carbonyl (C=O) groups excluding carboxylic acids is 2. The van der Waals surface area contributed by atoms with Crippen LogP contribution >= 0.6 is 11.6 Å². The first kappa shape index (κ1) is 17.1. The summed E-state index contributed by atoms with van der Waals surface area (Å²) < 4.78 is 4.75. The van der Waals surface area contributed by atoms with Crippen LogP contribution < -0.4 is 9.80 Å². The second-order valence-corrected chi connectivity index (χ2v) is 7.14. The predicted molar refractivity (Wildman–Crippen MR) is 94.5 cm³/mol. The average molecular weight is 351 g/mol. The Morgan fingerprint density at radius 1 is 1.29 bits per heavy atom. The number of ether oxygens (including phenoxy) is 1. The van der Waals surface area contributed by atoms with E-state index in [2.05, 4.69) is 11.8 Å². The fourth-order valence-electron chi connectivity index (χ4n) is 3.45. The molecule has 130 valence electrons. The number of anilines is 2. The molecule has 0 bridgehead atoms. The molecule has 1 amide bonds. The van der Waals surface area contributed by atoms with Crippen LogP contribution in [0.5, 0.6) is 0 Å². The molecule has 2 heterocycles. The summed E-state index contributed by atoms with van der Waals surface area (Å²) in [6.45, 7) is 4.64. The van der Waals surface area contributed by atoms with Crippen molar-refractivity contribution in [2.75, 3.05) is 36.5 Å². The summed E-state index contributed by atoms with van der Waals surface area (Å²) in [6.07, 6.45) is 2.53. The molecule has 6 heteroatoms. The third-order valence-electron chi connectivity index (χ3n) is 5.03. The highest BCUT2D eigenvalue weighted by Crippen LogP contribution is 2.35. The van der Waals surface area contributed by atoms with E-state index in [1.807, 2.05) is 18.2 Å². The Bertz CT molecular complexity index is 641. The number of nitrogens with zero attached hydrogens (tertiary/aromatic N) is 2. The fraction of sp³-hybridized carbons (Fsp3) is 0.556. The van der Waals surface area contributed by atoms with E-state index < -0.39 is 5.92 Å². The van der Waals surface area contributed by atoms with E-state index in [1.54, 1.807) is 4.90 Å². The van der Waals surface area contributed by atoms with Crippen molar-refractivity contribution >= 4 is 34.9 Å². The topological polar surface area (TPSA) is 49.9 Å². The highest BCUT2D eigenvalue weighted by Gasteiger charge is 2.36. The van der Waals surface area contributed by atoms with Crippen molar-refractivity contribution in [3.05, 3.63) is 23.2 Å². The van der Waals surface area contributed by atoms with E-state index in [-0.39, 0.29) is 18.3 Å². The molecule has 0 radical (unpaired) electrons. The molecule has 0 spiro atoms. The number of benzene rings is 1. The Hall–Kier alpha value is -1.75. The summed E-state index contributed by atoms with van der Waals surface area (Å²) in [5.74, 6) is -0.0432. The van der Waals surface area contributed by atoms with Crippen LogP contribution in [0, 0.1) is 11.8 Å². The summed E-state index contributed by atoms with van der Waals surface area (Å²) in [5, 5.41) is 0.649. The van der Waals surface area contributed by atoms with Gasteiger partial charge in [-0.25, -0.2) is 0 Å². The Morgan fingerprint density at radius 3 is 2.62 bits per heavy atom. The number of esters is 1. The maximum atomic E-state index is 12.2. The first-order valence-corrected chi connectivity index (χ1v) is 8.80. The van der Waals surface area contributed by atoms with Gasteiger partial charge in [-0.3, -0.25) is 9.59 Å². The molecule has 0 unspecified atom stereocenters. The number of rotatable bonds is 3. The molecule has 1 atom stereocenters. The Kier molecular flexibility index (Phi) is 4.99. The van der Waals surface area contributed by atoms with Gasteiger partial charge in [0.2, 0.25) is 5.91 Å². The predicted octanol–water partition coefficient (Wildman–Crippen LogP) is 3.10. The molecule has 0 N–H and O–H groups in total. The third kappa shape index (κ3) is 3.36.